The van der Waals surface area contributed by atoms with E-state index in [0.29, 0.717) is 13.2 Å². The lowest BCUT2D eigenvalue weighted by molar-refractivity contribution is -0.325. The summed E-state index contributed by atoms with van der Waals surface area (Å²) in [6, 6.07) is 32.6. The Morgan fingerprint density at radius 2 is 1.62 bits per heavy atom. The van der Waals surface area contributed by atoms with Crippen molar-refractivity contribution in [2.75, 3.05) is 6.61 Å². The molecule has 4 aromatic rings. The van der Waals surface area contributed by atoms with E-state index in [-0.39, 0.29) is 6.10 Å². The average Bonchev–Trinajstić information content (AvgIpc) is 2.94. The number of benzene rings is 4. The molecule has 0 radical (unpaired) electrons. The molecule has 1 N–H and O–H groups in total. The van der Waals surface area contributed by atoms with Gasteiger partial charge in [-0.2, -0.15) is 0 Å². The van der Waals surface area contributed by atoms with Crippen molar-refractivity contribution in [3.63, 3.8) is 0 Å². The molecule has 6 unspecified atom stereocenters. The van der Waals surface area contributed by atoms with Crippen molar-refractivity contribution in [2.24, 2.45) is 0 Å². The summed E-state index contributed by atoms with van der Waals surface area (Å²) in [5, 5.41) is 13.8. The van der Waals surface area contributed by atoms with Gasteiger partial charge in [-0.3, -0.25) is 0 Å². The quantitative estimate of drug-likeness (QED) is 0.339. The summed E-state index contributed by atoms with van der Waals surface area (Å²) in [6.45, 7) is 2.77. The van der Waals surface area contributed by atoms with E-state index in [1.54, 1.807) is 0 Å². The van der Waals surface area contributed by atoms with E-state index in [2.05, 4.69) is 49.4 Å². The van der Waals surface area contributed by atoms with Gasteiger partial charge in [-0.15, -0.1) is 0 Å². The first-order chi connectivity index (χ1) is 18.1. The number of aliphatic hydroxyl groups excluding tert-OH is 1. The van der Waals surface area contributed by atoms with Crippen molar-refractivity contribution < 1.29 is 24.1 Å². The van der Waals surface area contributed by atoms with Gasteiger partial charge in [-0.25, -0.2) is 0 Å². The second kappa shape index (κ2) is 11.0. The van der Waals surface area contributed by atoms with E-state index in [1.807, 2.05) is 54.6 Å². The van der Waals surface area contributed by atoms with Gasteiger partial charge in [0.05, 0.1) is 13.2 Å². The molecule has 5 nitrogen and oxygen atoms in total. The van der Waals surface area contributed by atoms with Crippen LogP contribution < -0.4 is 0 Å². The highest BCUT2D eigenvalue weighted by Crippen LogP contribution is 2.40. The smallest absolute Gasteiger partial charge is 0.184 e. The number of aliphatic hydroxyl groups is 1. The molecule has 2 fully saturated rings. The fourth-order valence-electron chi connectivity index (χ4n) is 4.90. The van der Waals surface area contributed by atoms with Crippen molar-refractivity contribution >= 4 is 22.5 Å². The van der Waals surface area contributed by atoms with Crippen LogP contribution in [0, 0.1) is 6.92 Å². The van der Waals surface area contributed by atoms with E-state index in [4.69, 9.17) is 18.9 Å². The van der Waals surface area contributed by atoms with Crippen molar-refractivity contribution in [1.29, 1.82) is 0 Å². The first kappa shape index (κ1) is 24.6. The molecule has 6 heteroatoms. The van der Waals surface area contributed by atoms with Crippen LogP contribution in [0.4, 0.5) is 0 Å². The Morgan fingerprint density at radius 3 is 2.43 bits per heavy atom. The summed E-state index contributed by atoms with van der Waals surface area (Å²) in [7, 11) is 0. The third-order valence-corrected chi connectivity index (χ3v) is 8.08. The molecule has 2 aliphatic heterocycles. The fraction of sp³-hybridized carbons (Fsp3) is 0.290. The fourth-order valence-corrected chi connectivity index (χ4v) is 5.96. The number of thioether (sulfide) groups is 1. The van der Waals surface area contributed by atoms with E-state index in [9.17, 15) is 5.11 Å². The zero-order valence-electron chi connectivity index (χ0n) is 20.6. The third kappa shape index (κ3) is 5.46. The van der Waals surface area contributed by atoms with Gasteiger partial charge >= 0.3 is 0 Å². The highest BCUT2D eigenvalue weighted by Gasteiger charge is 2.50. The summed E-state index contributed by atoms with van der Waals surface area (Å²) < 4.78 is 25.2. The van der Waals surface area contributed by atoms with Crippen LogP contribution in [0.25, 0.3) is 10.8 Å². The Morgan fingerprint density at radius 1 is 0.865 bits per heavy atom. The van der Waals surface area contributed by atoms with E-state index < -0.39 is 30.0 Å². The first-order valence-electron chi connectivity index (χ1n) is 12.6. The number of rotatable bonds is 6. The molecule has 6 atom stereocenters. The van der Waals surface area contributed by atoms with Crippen LogP contribution in [0.5, 0.6) is 0 Å². The molecule has 2 heterocycles. The number of ether oxygens (including phenoxy) is 4. The number of aryl methyl sites for hydroxylation is 1. The monoisotopic (exact) mass is 514 g/mol. The second-order valence-electron chi connectivity index (χ2n) is 9.60. The zero-order valence-corrected chi connectivity index (χ0v) is 21.4. The summed E-state index contributed by atoms with van der Waals surface area (Å²) in [6.07, 6.45) is -2.82. The first-order valence-corrected chi connectivity index (χ1v) is 13.5. The summed E-state index contributed by atoms with van der Waals surface area (Å²) >= 11 is 1.50. The Bertz CT molecular complexity index is 1330. The molecule has 6 rings (SSSR count). The molecule has 0 aliphatic carbocycles. The van der Waals surface area contributed by atoms with Crippen LogP contribution in [0.2, 0.25) is 0 Å². The van der Waals surface area contributed by atoms with Crippen LogP contribution >= 0.6 is 11.8 Å². The molecule has 0 aromatic heterocycles. The SMILES string of the molecule is Cc1ccc(SC2OC3COC(c4ccccc4)OC3C(OCc3ccc4ccccc4c3)C2O)cc1. The molecule has 2 saturated heterocycles. The summed E-state index contributed by atoms with van der Waals surface area (Å²) in [5.74, 6) is 0. The molecule has 0 saturated carbocycles. The van der Waals surface area contributed by atoms with E-state index in [0.717, 1.165) is 21.4 Å². The van der Waals surface area contributed by atoms with E-state index >= 15 is 0 Å². The Hall–Kier alpha value is -2.71. The van der Waals surface area contributed by atoms with Gasteiger partial charge < -0.3 is 24.1 Å². The molecule has 0 bridgehead atoms. The maximum absolute atomic E-state index is 11.5. The van der Waals surface area contributed by atoms with Gasteiger partial charge in [0.2, 0.25) is 0 Å². The zero-order chi connectivity index (χ0) is 25.2. The highest BCUT2D eigenvalue weighted by atomic mass is 32.2. The van der Waals surface area contributed by atoms with Crippen LogP contribution in [0.1, 0.15) is 23.0 Å². The van der Waals surface area contributed by atoms with Crippen molar-refractivity contribution in [3.8, 4) is 0 Å². The second-order valence-corrected chi connectivity index (χ2v) is 10.8. The average molecular weight is 515 g/mol. The van der Waals surface area contributed by atoms with E-state index in [1.165, 1.54) is 22.7 Å². The maximum Gasteiger partial charge on any atom is 0.184 e. The number of fused-ring (bicyclic) bond motifs is 2. The van der Waals surface area contributed by atoms with Crippen molar-refractivity contribution in [3.05, 3.63) is 114 Å². The Kier molecular flexibility index (Phi) is 7.29. The van der Waals surface area contributed by atoms with Crippen molar-refractivity contribution in [1.82, 2.24) is 0 Å². The minimum atomic E-state index is -0.887. The Balaban J connectivity index is 1.24. The topological polar surface area (TPSA) is 57.2 Å². The highest BCUT2D eigenvalue weighted by molar-refractivity contribution is 7.99. The summed E-state index contributed by atoms with van der Waals surface area (Å²) in [4.78, 5) is 1.03. The lowest BCUT2D eigenvalue weighted by Gasteiger charge is -2.47. The molecular formula is C31H30O5S. The van der Waals surface area contributed by atoms with Crippen LogP contribution in [0.15, 0.2) is 102 Å². The molecular weight excluding hydrogens is 484 g/mol. The molecule has 0 amide bonds. The van der Waals surface area contributed by atoms with Gasteiger partial charge in [0.15, 0.2) is 6.29 Å². The molecule has 190 valence electrons. The largest absolute Gasteiger partial charge is 0.387 e. The van der Waals surface area contributed by atoms with Gasteiger partial charge in [-0.1, -0.05) is 96.2 Å². The normalized spacial score (nSPS) is 27.6. The Labute approximate surface area is 221 Å². The number of hydrogen-bond acceptors (Lipinski definition) is 6. The van der Waals surface area contributed by atoms with Gasteiger partial charge in [-0.05, 0) is 41.5 Å². The molecule has 2 aliphatic rings. The molecule has 4 aromatic carbocycles. The lowest BCUT2D eigenvalue weighted by Crippen LogP contribution is -2.61. The lowest BCUT2D eigenvalue weighted by atomic mass is 9.98. The molecule has 0 spiro atoms. The van der Waals surface area contributed by atoms with Crippen LogP contribution in [-0.2, 0) is 25.6 Å². The minimum Gasteiger partial charge on any atom is -0.387 e. The standard InChI is InChI=1S/C31H30O5S/c1-20-11-15-25(16-12-20)37-31-27(32)29(33-18-21-13-14-22-7-5-6-10-24(22)17-21)28-26(35-31)19-34-30(36-28)23-8-3-2-4-9-23/h2-17,26-32H,18-19H2,1H3. The third-order valence-electron chi connectivity index (χ3n) is 6.91. The van der Waals surface area contributed by atoms with Gasteiger partial charge in [0, 0.05) is 10.5 Å². The summed E-state index contributed by atoms with van der Waals surface area (Å²) in [5.41, 5.74) is 2.65. The maximum atomic E-state index is 11.5. The van der Waals surface area contributed by atoms with Crippen LogP contribution in [-0.4, -0.2) is 41.6 Å². The van der Waals surface area contributed by atoms with Crippen molar-refractivity contribution in [2.45, 2.75) is 54.6 Å². The van der Waals surface area contributed by atoms with Gasteiger partial charge in [0.1, 0.15) is 29.9 Å². The predicted octanol–water partition coefficient (Wildman–Crippen LogP) is 6.03. The van der Waals surface area contributed by atoms with Crippen LogP contribution in [0.3, 0.4) is 0 Å². The number of hydrogen-bond donors (Lipinski definition) is 1. The predicted molar refractivity (Wildman–Crippen MR) is 144 cm³/mol. The molecule has 37 heavy (non-hydrogen) atoms. The minimum absolute atomic E-state index is 0.354. The van der Waals surface area contributed by atoms with Gasteiger partial charge in [0.25, 0.3) is 0 Å².